The highest BCUT2D eigenvalue weighted by Gasteiger charge is 2.13. The largest absolute Gasteiger partial charge is 0.481 e. The molecule has 1 unspecified atom stereocenters. The summed E-state index contributed by atoms with van der Waals surface area (Å²) < 4.78 is 1.66. The standard InChI is InChI=1S/C19H21N5O2/c1-14-11-12-24(23-14)18-9-8-17(21-22-18)20-16(7-10-19(25)26)13-15-5-3-2-4-6-15/h2-6,8-9,11-12,16H,7,10,13H2,1H3,(H,20,21)(H,25,26). The van der Waals surface area contributed by atoms with Crippen molar-refractivity contribution in [2.45, 2.75) is 32.2 Å². The third-order valence-corrected chi connectivity index (χ3v) is 3.99. The second-order valence-electron chi connectivity index (χ2n) is 6.14. The zero-order valence-electron chi connectivity index (χ0n) is 14.5. The van der Waals surface area contributed by atoms with E-state index < -0.39 is 5.97 Å². The van der Waals surface area contributed by atoms with Gasteiger partial charge >= 0.3 is 5.97 Å². The van der Waals surface area contributed by atoms with Gasteiger partial charge in [0.25, 0.3) is 0 Å². The van der Waals surface area contributed by atoms with Gasteiger partial charge in [-0.05, 0) is 43.5 Å². The lowest BCUT2D eigenvalue weighted by atomic mass is 10.0. The first-order valence-electron chi connectivity index (χ1n) is 8.49. The first kappa shape index (κ1) is 17.6. The smallest absolute Gasteiger partial charge is 0.303 e. The minimum absolute atomic E-state index is 0.0411. The fraction of sp³-hybridized carbons (Fsp3) is 0.263. The van der Waals surface area contributed by atoms with Crippen LogP contribution in [0.2, 0.25) is 0 Å². The van der Waals surface area contributed by atoms with E-state index in [4.69, 9.17) is 5.11 Å². The average Bonchev–Trinajstić information content (AvgIpc) is 3.07. The molecule has 0 aliphatic heterocycles. The average molecular weight is 351 g/mol. The Morgan fingerprint density at radius 3 is 2.58 bits per heavy atom. The number of hydrogen-bond acceptors (Lipinski definition) is 5. The lowest BCUT2D eigenvalue weighted by Crippen LogP contribution is -2.24. The van der Waals surface area contributed by atoms with Crippen molar-refractivity contribution in [2.75, 3.05) is 5.32 Å². The van der Waals surface area contributed by atoms with Crippen molar-refractivity contribution < 1.29 is 9.90 Å². The van der Waals surface area contributed by atoms with Gasteiger partial charge in [0.15, 0.2) is 5.82 Å². The second kappa shape index (κ2) is 8.24. The highest BCUT2D eigenvalue weighted by Crippen LogP contribution is 2.14. The van der Waals surface area contributed by atoms with Crippen LogP contribution in [0.4, 0.5) is 5.82 Å². The van der Waals surface area contributed by atoms with Crippen LogP contribution < -0.4 is 5.32 Å². The number of benzene rings is 1. The quantitative estimate of drug-likeness (QED) is 0.648. The van der Waals surface area contributed by atoms with Crippen molar-refractivity contribution in [3.63, 3.8) is 0 Å². The van der Waals surface area contributed by atoms with Crippen molar-refractivity contribution in [1.82, 2.24) is 20.0 Å². The van der Waals surface area contributed by atoms with Gasteiger partial charge in [-0.15, -0.1) is 10.2 Å². The molecule has 0 fully saturated rings. The number of rotatable bonds is 8. The lowest BCUT2D eigenvalue weighted by Gasteiger charge is -2.18. The highest BCUT2D eigenvalue weighted by atomic mass is 16.4. The summed E-state index contributed by atoms with van der Waals surface area (Å²) in [6, 6.07) is 15.5. The molecule has 1 atom stereocenters. The number of carbonyl (C=O) groups is 1. The maximum atomic E-state index is 10.9. The molecule has 3 aromatic rings. The molecule has 7 nitrogen and oxygen atoms in total. The van der Waals surface area contributed by atoms with Gasteiger partial charge in [-0.25, -0.2) is 4.68 Å². The maximum Gasteiger partial charge on any atom is 0.303 e. The van der Waals surface area contributed by atoms with Gasteiger partial charge in [0.2, 0.25) is 0 Å². The number of aromatic nitrogens is 4. The van der Waals surface area contributed by atoms with Crippen LogP contribution in [0.3, 0.4) is 0 Å². The summed E-state index contributed by atoms with van der Waals surface area (Å²) in [4.78, 5) is 10.9. The maximum absolute atomic E-state index is 10.9. The highest BCUT2D eigenvalue weighted by molar-refractivity contribution is 5.66. The van der Waals surface area contributed by atoms with Crippen LogP contribution in [0.25, 0.3) is 5.82 Å². The van der Waals surface area contributed by atoms with E-state index >= 15 is 0 Å². The lowest BCUT2D eigenvalue weighted by molar-refractivity contribution is -0.137. The molecule has 0 aliphatic rings. The molecule has 26 heavy (non-hydrogen) atoms. The number of aryl methyl sites for hydroxylation is 1. The van der Waals surface area contributed by atoms with Gasteiger partial charge in [0.05, 0.1) is 5.69 Å². The predicted octanol–water partition coefficient (Wildman–Crippen LogP) is 2.86. The molecule has 0 bridgehead atoms. The van der Waals surface area contributed by atoms with Crippen LogP contribution in [0.5, 0.6) is 0 Å². The Morgan fingerprint density at radius 1 is 1.15 bits per heavy atom. The van der Waals surface area contributed by atoms with E-state index in [-0.39, 0.29) is 12.5 Å². The second-order valence-corrected chi connectivity index (χ2v) is 6.14. The van der Waals surface area contributed by atoms with Gasteiger partial charge in [-0.2, -0.15) is 5.10 Å². The first-order chi connectivity index (χ1) is 12.6. The number of aliphatic carboxylic acids is 1. The van der Waals surface area contributed by atoms with Crippen molar-refractivity contribution in [1.29, 1.82) is 0 Å². The Balaban J connectivity index is 1.69. The van der Waals surface area contributed by atoms with Gasteiger partial charge in [-0.1, -0.05) is 30.3 Å². The zero-order chi connectivity index (χ0) is 18.4. The minimum Gasteiger partial charge on any atom is -0.481 e. The summed E-state index contributed by atoms with van der Waals surface area (Å²) in [7, 11) is 0. The van der Waals surface area contributed by atoms with Crippen LogP contribution in [0.1, 0.15) is 24.1 Å². The Morgan fingerprint density at radius 2 is 1.96 bits per heavy atom. The molecule has 0 saturated heterocycles. The molecule has 2 N–H and O–H groups in total. The first-order valence-corrected chi connectivity index (χ1v) is 8.49. The fourth-order valence-corrected chi connectivity index (χ4v) is 2.70. The van der Waals surface area contributed by atoms with E-state index in [0.29, 0.717) is 18.1 Å². The Labute approximate surface area is 151 Å². The van der Waals surface area contributed by atoms with Gasteiger partial charge < -0.3 is 10.4 Å². The van der Waals surface area contributed by atoms with Crippen LogP contribution >= 0.6 is 0 Å². The van der Waals surface area contributed by atoms with Gasteiger partial charge in [0.1, 0.15) is 5.82 Å². The van der Waals surface area contributed by atoms with Crippen molar-refractivity contribution in [2.24, 2.45) is 0 Å². The van der Waals surface area contributed by atoms with E-state index in [0.717, 1.165) is 17.7 Å². The SMILES string of the molecule is Cc1ccn(-c2ccc(NC(CCC(=O)O)Cc3ccccc3)nn2)n1. The van der Waals surface area contributed by atoms with E-state index in [1.165, 1.54) is 0 Å². The number of nitrogens with one attached hydrogen (secondary N) is 1. The van der Waals surface area contributed by atoms with Crippen molar-refractivity contribution >= 4 is 11.8 Å². The molecular weight excluding hydrogens is 330 g/mol. The Kier molecular flexibility index (Phi) is 5.58. The van der Waals surface area contributed by atoms with E-state index in [9.17, 15) is 4.79 Å². The van der Waals surface area contributed by atoms with Crippen LogP contribution in [-0.2, 0) is 11.2 Å². The topological polar surface area (TPSA) is 92.9 Å². The summed E-state index contributed by atoms with van der Waals surface area (Å²) in [6.07, 6.45) is 3.15. The molecule has 0 aliphatic carbocycles. The van der Waals surface area contributed by atoms with Crippen LogP contribution in [0.15, 0.2) is 54.7 Å². The molecule has 0 radical (unpaired) electrons. The predicted molar refractivity (Wildman–Crippen MR) is 98.3 cm³/mol. The summed E-state index contributed by atoms with van der Waals surface area (Å²) >= 11 is 0. The monoisotopic (exact) mass is 351 g/mol. The normalized spacial score (nSPS) is 11.9. The van der Waals surface area contributed by atoms with E-state index in [1.807, 2.05) is 61.7 Å². The van der Waals surface area contributed by atoms with Gasteiger partial charge in [-0.3, -0.25) is 4.79 Å². The molecule has 0 amide bonds. The Bertz CT molecular complexity index is 846. The van der Waals surface area contributed by atoms with E-state index in [1.54, 1.807) is 4.68 Å². The van der Waals surface area contributed by atoms with Crippen LogP contribution in [0, 0.1) is 6.92 Å². The Hall–Kier alpha value is -3.22. The molecule has 134 valence electrons. The number of carboxylic acids is 1. The molecule has 2 aromatic heterocycles. The summed E-state index contributed by atoms with van der Waals surface area (Å²) in [5.41, 5.74) is 2.05. The number of carboxylic acid groups (broad SMARTS) is 1. The number of hydrogen-bond donors (Lipinski definition) is 2. The molecular formula is C19H21N5O2. The molecule has 2 heterocycles. The third-order valence-electron chi connectivity index (χ3n) is 3.99. The van der Waals surface area contributed by atoms with Crippen molar-refractivity contribution in [3.8, 4) is 5.82 Å². The molecule has 3 rings (SSSR count). The minimum atomic E-state index is -0.805. The van der Waals surface area contributed by atoms with Gasteiger partial charge in [0, 0.05) is 18.7 Å². The van der Waals surface area contributed by atoms with Crippen molar-refractivity contribution in [3.05, 3.63) is 66.0 Å². The summed E-state index contributed by atoms with van der Waals surface area (Å²) in [5, 5.41) is 25.0. The van der Waals surface area contributed by atoms with Crippen LogP contribution in [-0.4, -0.2) is 37.1 Å². The molecule has 1 aromatic carbocycles. The molecule has 0 saturated carbocycles. The molecule has 0 spiro atoms. The number of anilines is 1. The third kappa shape index (κ3) is 4.89. The summed E-state index contributed by atoms with van der Waals surface area (Å²) in [6.45, 7) is 1.91. The zero-order valence-corrected chi connectivity index (χ0v) is 14.5. The molecule has 7 heteroatoms. The number of nitrogens with zero attached hydrogens (tertiary/aromatic N) is 4. The fourth-order valence-electron chi connectivity index (χ4n) is 2.70. The summed E-state index contributed by atoms with van der Waals surface area (Å²) in [5.74, 6) is 0.443. The van der Waals surface area contributed by atoms with E-state index in [2.05, 4.69) is 20.6 Å².